The molecular formula is C24H30N5O2P. The molecule has 3 aliphatic heterocycles. The first-order chi connectivity index (χ1) is 15.4. The van der Waals surface area contributed by atoms with Gasteiger partial charge in [0.25, 0.3) is 5.91 Å². The van der Waals surface area contributed by atoms with Crippen LogP contribution in [0.15, 0.2) is 41.8 Å². The minimum Gasteiger partial charge on any atom is -0.395 e. The van der Waals surface area contributed by atoms with Crippen molar-refractivity contribution < 1.29 is 9.90 Å². The topological polar surface area (TPSA) is 74.0 Å². The summed E-state index contributed by atoms with van der Waals surface area (Å²) in [5.74, 6) is 0.584. The molecular weight excluding hydrogens is 421 g/mol. The zero-order valence-electron chi connectivity index (χ0n) is 18.9. The SMILES string of the molecule is CC1=CC(C2CCN(CCO)CC2)=CN2C(=O)C=C(c3cc4c(C)nc(C)cn4n3)PC12. The molecule has 5 heterocycles. The maximum absolute atomic E-state index is 13.2. The van der Waals surface area contributed by atoms with Crippen LogP contribution in [0, 0.1) is 19.8 Å². The van der Waals surface area contributed by atoms with Crippen LogP contribution in [-0.2, 0) is 4.79 Å². The summed E-state index contributed by atoms with van der Waals surface area (Å²) in [4.78, 5) is 21.9. The molecule has 2 atom stereocenters. The first-order valence-electron chi connectivity index (χ1n) is 11.3. The lowest BCUT2D eigenvalue weighted by atomic mass is 9.87. The maximum Gasteiger partial charge on any atom is 0.252 e. The van der Waals surface area contributed by atoms with E-state index < -0.39 is 0 Å². The molecule has 2 unspecified atom stereocenters. The number of carbonyl (C=O) groups excluding carboxylic acids is 1. The van der Waals surface area contributed by atoms with Crippen LogP contribution in [0.2, 0.25) is 0 Å². The second-order valence-electron chi connectivity index (χ2n) is 9.03. The summed E-state index contributed by atoms with van der Waals surface area (Å²) in [5.41, 5.74) is 6.24. The number of likely N-dealkylation sites (tertiary alicyclic amines) is 1. The summed E-state index contributed by atoms with van der Waals surface area (Å²) in [5, 5.41) is 14.9. The Balaban J connectivity index is 1.39. The van der Waals surface area contributed by atoms with Gasteiger partial charge >= 0.3 is 0 Å². The molecule has 3 aliphatic rings. The van der Waals surface area contributed by atoms with E-state index in [1.165, 1.54) is 11.1 Å². The Bertz CT molecular complexity index is 1160. The van der Waals surface area contributed by atoms with E-state index in [2.05, 4.69) is 29.1 Å². The monoisotopic (exact) mass is 451 g/mol. The second-order valence-corrected chi connectivity index (χ2v) is 10.4. The average molecular weight is 452 g/mol. The third-order valence-corrected chi connectivity index (χ3v) is 8.44. The molecule has 1 N–H and O–H groups in total. The molecule has 1 fully saturated rings. The summed E-state index contributed by atoms with van der Waals surface area (Å²) in [6.07, 6.45) is 10.2. The predicted molar refractivity (Wildman–Crippen MR) is 127 cm³/mol. The van der Waals surface area contributed by atoms with Crippen LogP contribution in [0.5, 0.6) is 0 Å². The fraction of sp³-hybridized carbons (Fsp3) is 0.458. The number of aryl methyl sites for hydroxylation is 2. The van der Waals surface area contributed by atoms with Crippen LogP contribution >= 0.6 is 8.58 Å². The fourth-order valence-corrected chi connectivity index (χ4v) is 6.44. The van der Waals surface area contributed by atoms with Crippen molar-refractivity contribution in [2.75, 3.05) is 26.2 Å². The first kappa shape index (κ1) is 21.5. The molecule has 0 bridgehead atoms. The highest BCUT2D eigenvalue weighted by molar-refractivity contribution is 7.51. The Morgan fingerprint density at radius 1 is 1.19 bits per heavy atom. The summed E-state index contributed by atoms with van der Waals surface area (Å²) in [6.45, 7) is 9.07. The van der Waals surface area contributed by atoms with Gasteiger partial charge in [-0.05, 0) is 69.8 Å². The quantitative estimate of drug-likeness (QED) is 0.724. The molecule has 1 amide bonds. The van der Waals surface area contributed by atoms with Gasteiger partial charge in [-0.1, -0.05) is 14.7 Å². The van der Waals surface area contributed by atoms with Gasteiger partial charge in [-0.25, -0.2) is 4.52 Å². The lowest BCUT2D eigenvalue weighted by Gasteiger charge is -2.39. The van der Waals surface area contributed by atoms with Crippen LogP contribution < -0.4 is 0 Å². The average Bonchev–Trinajstić information content (AvgIpc) is 3.19. The van der Waals surface area contributed by atoms with Gasteiger partial charge < -0.3 is 14.9 Å². The largest absolute Gasteiger partial charge is 0.395 e. The molecule has 0 aromatic carbocycles. The van der Waals surface area contributed by atoms with E-state index in [1.54, 1.807) is 6.08 Å². The molecule has 0 spiro atoms. The van der Waals surface area contributed by atoms with E-state index in [9.17, 15) is 9.90 Å². The molecule has 2 aromatic heterocycles. The van der Waals surface area contributed by atoms with E-state index in [0.717, 1.165) is 60.4 Å². The number of rotatable bonds is 4. The van der Waals surface area contributed by atoms with Gasteiger partial charge in [-0.2, -0.15) is 5.10 Å². The van der Waals surface area contributed by atoms with Crippen molar-refractivity contribution in [2.45, 2.75) is 39.4 Å². The number of β-amino-alcohol motifs (C(OH)–C–C–N with tert-alkyl or cyclic N) is 1. The Hall–Kier alpha value is -2.34. The van der Waals surface area contributed by atoms with E-state index in [4.69, 9.17) is 5.10 Å². The molecule has 168 valence electrons. The smallest absolute Gasteiger partial charge is 0.252 e. The van der Waals surface area contributed by atoms with Crippen molar-refractivity contribution in [3.05, 3.63) is 58.8 Å². The van der Waals surface area contributed by atoms with E-state index in [1.807, 2.05) is 35.5 Å². The van der Waals surface area contributed by atoms with Crippen LogP contribution in [0.25, 0.3) is 10.8 Å². The molecule has 2 aromatic rings. The number of allylic oxidation sites excluding steroid dienone is 2. The van der Waals surface area contributed by atoms with Crippen molar-refractivity contribution in [1.29, 1.82) is 0 Å². The highest BCUT2D eigenvalue weighted by Gasteiger charge is 2.34. The van der Waals surface area contributed by atoms with Crippen molar-refractivity contribution in [3.63, 3.8) is 0 Å². The van der Waals surface area contributed by atoms with Gasteiger partial charge in [-0.15, -0.1) is 0 Å². The van der Waals surface area contributed by atoms with Crippen LogP contribution in [0.3, 0.4) is 0 Å². The normalized spacial score (nSPS) is 23.4. The summed E-state index contributed by atoms with van der Waals surface area (Å²) >= 11 is 0. The molecule has 1 saturated heterocycles. The zero-order valence-corrected chi connectivity index (χ0v) is 19.9. The van der Waals surface area contributed by atoms with E-state index >= 15 is 0 Å². The van der Waals surface area contributed by atoms with Gasteiger partial charge in [0, 0.05) is 24.1 Å². The zero-order chi connectivity index (χ0) is 22.4. The number of piperidine rings is 1. The van der Waals surface area contributed by atoms with Gasteiger partial charge in [0.1, 0.15) is 0 Å². The fourth-order valence-electron chi connectivity index (χ4n) is 5.02. The van der Waals surface area contributed by atoms with Crippen LogP contribution in [-0.4, -0.2) is 67.4 Å². The number of nitrogens with zero attached hydrogens (tertiary/aromatic N) is 5. The number of aromatic nitrogens is 3. The highest BCUT2D eigenvalue weighted by atomic mass is 31.1. The Morgan fingerprint density at radius 3 is 2.72 bits per heavy atom. The third-order valence-electron chi connectivity index (χ3n) is 6.72. The lowest BCUT2D eigenvalue weighted by Crippen LogP contribution is -2.40. The number of aliphatic hydroxyl groups excluding tert-OH is 1. The van der Waals surface area contributed by atoms with Gasteiger partial charge in [-0.3, -0.25) is 9.78 Å². The molecule has 8 heteroatoms. The van der Waals surface area contributed by atoms with E-state index in [-0.39, 0.29) is 18.3 Å². The summed E-state index contributed by atoms with van der Waals surface area (Å²) in [7, 11) is 0.461. The lowest BCUT2D eigenvalue weighted by molar-refractivity contribution is -0.123. The number of carbonyl (C=O) groups is 1. The van der Waals surface area contributed by atoms with Gasteiger partial charge in [0.2, 0.25) is 0 Å². The molecule has 0 aliphatic carbocycles. The number of fused-ring (bicyclic) bond motifs is 2. The van der Waals surface area contributed by atoms with Crippen molar-refractivity contribution in [1.82, 2.24) is 24.4 Å². The van der Waals surface area contributed by atoms with Crippen LogP contribution in [0.1, 0.15) is 36.8 Å². The van der Waals surface area contributed by atoms with Crippen molar-refractivity contribution in [2.24, 2.45) is 5.92 Å². The Morgan fingerprint density at radius 2 is 1.97 bits per heavy atom. The second kappa shape index (κ2) is 8.54. The first-order valence-corrected chi connectivity index (χ1v) is 12.4. The van der Waals surface area contributed by atoms with Gasteiger partial charge in [0.05, 0.1) is 41.2 Å². The maximum atomic E-state index is 13.2. The molecule has 32 heavy (non-hydrogen) atoms. The molecule has 0 saturated carbocycles. The molecule has 5 rings (SSSR count). The predicted octanol–water partition coefficient (Wildman–Crippen LogP) is 3.08. The number of hydrogen-bond acceptors (Lipinski definition) is 5. The van der Waals surface area contributed by atoms with E-state index in [0.29, 0.717) is 14.5 Å². The molecule has 0 radical (unpaired) electrons. The minimum absolute atomic E-state index is 0.0366. The number of aliphatic hydroxyl groups is 1. The minimum atomic E-state index is 0.0366. The van der Waals surface area contributed by atoms with Gasteiger partial charge in [0.15, 0.2) is 0 Å². The number of amides is 1. The Labute approximate surface area is 190 Å². The number of hydrogen-bond donors (Lipinski definition) is 1. The summed E-state index contributed by atoms with van der Waals surface area (Å²) < 4.78 is 1.87. The van der Waals surface area contributed by atoms with Crippen molar-refractivity contribution in [3.8, 4) is 0 Å². The standard InChI is InChI=1S/C24H30N5O2P/c1-15-10-19(18-4-6-27(7-5-18)8-9-30)14-28-23(31)12-22(32-24(15)28)20-11-21-17(3)25-16(2)13-29(21)26-20/h10-14,18,24,30,32H,4-9H2,1-3H3. The van der Waals surface area contributed by atoms with Crippen LogP contribution in [0.4, 0.5) is 0 Å². The molecule has 7 nitrogen and oxygen atoms in total. The third kappa shape index (κ3) is 3.94. The van der Waals surface area contributed by atoms with Crippen molar-refractivity contribution >= 4 is 25.3 Å². The highest BCUT2D eigenvalue weighted by Crippen LogP contribution is 2.47. The summed E-state index contributed by atoms with van der Waals surface area (Å²) in [6, 6.07) is 2.05. The Kier molecular flexibility index (Phi) is 5.74.